The molecule has 1 amide bonds. The molecular formula is C21H35Cl2N3O. The van der Waals surface area contributed by atoms with Crippen LogP contribution in [0.1, 0.15) is 63.4 Å². The van der Waals surface area contributed by atoms with Crippen LogP contribution >= 0.6 is 24.8 Å². The first-order valence-electron chi connectivity index (χ1n) is 9.97. The minimum absolute atomic E-state index is 0. The Balaban J connectivity index is 0.00000182. The largest absolute Gasteiger partial charge is 0.327 e. The molecule has 0 aromatic heterocycles. The van der Waals surface area contributed by atoms with Crippen LogP contribution in [0.3, 0.4) is 0 Å². The van der Waals surface area contributed by atoms with Crippen LogP contribution in [0.25, 0.3) is 0 Å². The maximum atomic E-state index is 12.5. The summed E-state index contributed by atoms with van der Waals surface area (Å²) in [6.07, 6.45) is 10.5. The van der Waals surface area contributed by atoms with E-state index in [4.69, 9.17) is 5.73 Å². The second-order valence-electron chi connectivity index (χ2n) is 7.97. The molecule has 3 rings (SSSR count). The van der Waals surface area contributed by atoms with Gasteiger partial charge in [0.05, 0.1) is 0 Å². The number of carbonyl (C=O) groups is 1. The molecule has 154 valence electrons. The lowest BCUT2D eigenvalue weighted by atomic mass is 9.94. The Morgan fingerprint density at radius 3 is 2.44 bits per heavy atom. The van der Waals surface area contributed by atoms with E-state index in [0.717, 1.165) is 31.5 Å². The molecule has 0 aliphatic heterocycles. The Bertz CT molecular complexity index is 578. The van der Waals surface area contributed by atoms with Crippen molar-refractivity contribution in [1.29, 1.82) is 0 Å². The summed E-state index contributed by atoms with van der Waals surface area (Å²) in [6.45, 7) is 0.893. The molecule has 6 heteroatoms. The summed E-state index contributed by atoms with van der Waals surface area (Å²) in [5.74, 6) is 0.451. The molecular weight excluding hydrogens is 381 g/mol. The quantitative estimate of drug-likeness (QED) is 0.704. The summed E-state index contributed by atoms with van der Waals surface area (Å²) in [7, 11) is 2.21. The van der Waals surface area contributed by atoms with Gasteiger partial charge in [-0.2, -0.15) is 0 Å². The summed E-state index contributed by atoms with van der Waals surface area (Å²) >= 11 is 0. The van der Waals surface area contributed by atoms with Gasteiger partial charge in [0.2, 0.25) is 5.91 Å². The minimum Gasteiger partial charge on any atom is -0.327 e. The first-order valence-corrected chi connectivity index (χ1v) is 9.97. The maximum absolute atomic E-state index is 12.5. The number of nitrogens with zero attached hydrogens (tertiary/aromatic N) is 1. The molecule has 0 unspecified atom stereocenters. The Morgan fingerprint density at radius 1 is 1.07 bits per heavy atom. The fourth-order valence-corrected chi connectivity index (χ4v) is 4.46. The van der Waals surface area contributed by atoms with Crippen LogP contribution < -0.4 is 11.1 Å². The molecule has 1 aromatic carbocycles. The highest BCUT2D eigenvalue weighted by Gasteiger charge is 2.26. The SMILES string of the molecule is CN(Cc1ccccc1NC(=O)C[C@@H]1CCC[C@H]1N)C1CCCCC1.Cl.Cl. The third-order valence-electron chi connectivity index (χ3n) is 6.07. The highest BCUT2D eigenvalue weighted by atomic mass is 35.5. The van der Waals surface area contributed by atoms with Crippen LogP contribution in [-0.4, -0.2) is 29.9 Å². The number of benzene rings is 1. The van der Waals surface area contributed by atoms with Gasteiger partial charge < -0.3 is 11.1 Å². The van der Waals surface area contributed by atoms with Gasteiger partial charge in [0.25, 0.3) is 0 Å². The van der Waals surface area contributed by atoms with Crippen LogP contribution in [0.2, 0.25) is 0 Å². The normalized spacial score (nSPS) is 22.8. The predicted molar refractivity (Wildman–Crippen MR) is 118 cm³/mol. The second kappa shape index (κ2) is 11.9. The van der Waals surface area contributed by atoms with Gasteiger partial charge in [0, 0.05) is 30.7 Å². The first kappa shape index (κ1) is 24.2. The summed E-state index contributed by atoms with van der Waals surface area (Å²) in [5.41, 5.74) is 8.28. The Labute approximate surface area is 176 Å². The second-order valence-corrected chi connectivity index (χ2v) is 7.97. The van der Waals surface area contributed by atoms with Crippen molar-refractivity contribution in [2.24, 2.45) is 11.7 Å². The lowest BCUT2D eigenvalue weighted by Crippen LogP contribution is -2.33. The van der Waals surface area contributed by atoms with Crippen LogP contribution in [-0.2, 0) is 11.3 Å². The first-order chi connectivity index (χ1) is 12.1. The van der Waals surface area contributed by atoms with E-state index in [-0.39, 0.29) is 36.8 Å². The number of hydrogen-bond acceptors (Lipinski definition) is 3. The Morgan fingerprint density at radius 2 is 1.78 bits per heavy atom. The molecule has 3 N–H and O–H groups in total. The van der Waals surface area contributed by atoms with Gasteiger partial charge in [0.15, 0.2) is 0 Å². The average Bonchev–Trinajstić information content (AvgIpc) is 3.02. The summed E-state index contributed by atoms with van der Waals surface area (Å²) < 4.78 is 0. The van der Waals surface area contributed by atoms with Crippen LogP contribution in [0.4, 0.5) is 5.69 Å². The minimum atomic E-state index is 0. The van der Waals surface area contributed by atoms with Crippen LogP contribution in [0.15, 0.2) is 24.3 Å². The molecule has 1 aromatic rings. The average molecular weight is 416 g/mol. The number of nitrogens with one attached hydrogen (secondary N) is 1. The van der Waals surface area contributed by atoms with Crippen LogP contribution in [0, 0.1) is 5.92 Å². The highest BCUT2D eigenvalue weighted by molar-refractivity contribution is 5.91. The number of halogens is 2. The molecule has 0 spiro atoms. The van der Waals surface area contributed by atoms with E-state index in [1.807, 2.05) is 12.1 Å². The molecule has 2 aliphatic rings. The van der Waals surface area contributed by atoms with Gasteiger partial charge in [-0.05, 0) is 50.3 Å². The van der Waals surface area contributed by atoms with E-state index in [0.29, 0.717) is 18.4 Å². The van der Waals surface area contributed by atoms with Crippen molar-refractivity contribution in [3.05, 3.63) is 29.8 Å². The zero-order chi connectivity index (χ0) is 17.6. The van der Waals surface area contributed by atoms with E-state index < -0.39 is 0 Å². The van der Waals surface area contributed by atoms with Gasteiger partial charge >= 0.3 is 0 Å². The lowest BCUT2D eigenvalue weighted by Gasteiger charge is -2.31. The molecule has 4 nitrogen and oxygen atoms in total. The van der Waals surface area contributed by atoms with Crippen molar-refractivity contribution in [3.63, 3.8) is 0 Å². The fourth-order valence-electron chi connectivity index (χ4n) is 4.46. The molecule has 0 bridgehead atoms. The van der Waals surface area contributed by atoms with Crippen molar-refractivity contribution in [2.75, 3.05) is 12.4 Å². The van der Waals surface area contributed by atoms with Crippen molar-refractivity contribution >= 4 is 36.4 Å². The summed E-state index contributed by atoms with van der Waals surface area (Å²) in [6, 6.07) is 9.09. The highest BCUT2D eigenvalue weighted by Crippen LogP contribution is 2.28. The molecule has 2 aliphatic carbocycles. The fraction of sp³-hybridized carbons (Fsp3) is 0.667. The topological polar surface area (TPSA) is 58.4 Å². The molecule has 0 saturated heterocycles. The number of para-hydroxylation sites is 1. The monoisotopic (exact) mass is 415 g/mol. The van der Waals surface area contributed by atoms with E-state index in [1.54, 1.807) is 0 Å². The molecule has 0 radical (unpaired) electrons. The van der Waals surface area contributed by atoms with Crippen molar-refractivity contribution in [1.82, 2.24) is 4.90 Å². The molecule has 2 atom stereocenters. The van der Waals surface area contributed by atoms with Gasteiger partial charge in [-0.3, -0.25) is 9.69 Å². The molecule has 2 saturated carbocycles. The number of amides is 1. The smallest absolute Gasteiger partial charge is 0.224 e. The summed E-state index contributed by atoms with van der Waals surface area (Å²) in [5, 5.41) is 3.15. The van der Waals surface area contributed by atoms with Crippen LogP contribution in [0.5, 0.6) is 0 Å². The number of rotatable bonds is 6. The molecule has 27 heavy (non-hydrogen) atoms. The third-order valence-corrected chi connectivity index (χ3v) is 6.07. The standard InChI is InChI=1S/C21H33N3O.2ClH/c1-24(18-10-3-2-4-11-18)15-17-8-5-6-13-20(17)23-21(25)14-16-9-7-12-19(16)22;;/h5-6,8,13,16,18-19H,2-4,7,9-12,14-15,22H2,1H3,(H,23,25);2*1H/t16-,19+;;/m0../s1. The number of hydrogen-bond donors (Lipinski definition) is 2. The summed E-state index contributed by atoms with van der Waals surface area (Å²) in [4.78, 5) is 14.9. The van der Waals surface area contributed by atoms with E-state index in [2.05, 4.69) is 29.4 Å². The van der Waals surface area contributed by atoms with E-state index in [1.165, 1.54) is 37.7 Å². The number of anilines is 1. The third kappa shape index (κ3) is 6.94. The molecule has 2 fully saturated rings. The van der Waals surface area contributed by atoms with Crippen molar-refractivity contribution in [3.8, 4) is 0 Å². The van der Waals surface area contributed by atoms with Gasteiger partial charge in [0.1, 0.15) is 0 Å². The zero-order valence-corrected chi connectivity index (χ0v) is 18.0. The Kier molecular flexibility index (Phi) is 10.7. The van der Waals surface area contributed by atoms with E-state index >= 15 is 0 Å². The Hall–Kier alpha value is -0.810. The van der Waals surface area contributed by atoms with Gasteiger partial charge in [-0.25, -0.2) is 0 Å². The lowest BCUT2D eigenvalue weighted by molar-refractivity contribution is -0.117. The van der Waals surface area contributed by atoms with Gasteiger partial charge in [-0.1, -0.05) is 43.9 Å². The van der Waals surface area contributed by atoms with Gasteiger partial charge in [-0.15, -0.1) is 24.8 Å². The van der Waals surface area contributed by atoms with Crippen molar-refractivity contribution in [2.45, 2.75) is 76.4 Å². The predicted octanol–water partition coefficient (Wildman–Crippen LogP) is 4.75. The molecule has 0 heterocycles. The maximum Gasteiger partial charge on any atom is 0.224 e. The van der Waals surface area contributed by atoms with E-state index in [9.17, 15) is 4.79 Å². The van der Waals surface area contributed by atoms with Crippen molar-refractivity contribution < 1.29 is 4.79 Å². The number of carbonyl (C=O) groups excluding carboxylic acids is 1. The zero-order valence-electron chi connectivity index (χ0n) is 16.4. The number of nitrogens with two attached hydrogens (primary N) is 1.